The summed E-state index contributed by atoms with van der Waals surface area (Å²) in [6.07, 6.45) is 2.43. The Balaban J connectivity index is 1.29. The van der Waals surface area contributed by atoms with Gasteiger partial charge in [-0.15, -0.1) is 0 Å². The van der Waals surface area contributed by atoms with Crippen molar-refractivity contribution in [1.82, 2.24) is 15.1 Å². The highest BCUT2D eigenvalue weighted by Gasteiger charge is 2.43. The number of rotatable bonds is 2. The maximum atomic E-state index is 12.9. The third-order valence-corrected chi connectivity index (χ3v) is 6.16. The molecule has 5 nitrogen and oxygen atoms in total. The maximum absolute atomic E-state index is 12.9. The van der Waals surface area contributed by atoms with Crippen LogP contribution in [0.15, 0.2) is 30.3 Å². The summed E-state index contributed by atoms with van der Waals surface area (Å²) < 4.78 is 0. The number of carbonyl (C=O) groups excluding carboxylic acids is 1. The Morgan fingerprint density at radius 2 is 1.88 bits per heavy atom. The molecule has 3 N–H and O–H groups in total. The second-order valence-corrected chi connectivity index (χ2v) is 7.54. The van der Waals surface area contributed by atoms with Crippen LogP contribution >= 0.6 is 0 Å². The lowest BCUT2D eigenvalue weighted by Crippen LogP contribution is -2.77. The average Bonchev–Trinajstić information content (AvgIpc) is 3.34. The zero-order chi connectivity index (χ0) is 16.1. The Morgan fingerprint density at radius 3 is 2.62 bits per heavy atom. The number of hydrogen-bond acceptors (Lipinski definition) is 2. The molecule has 2 atom stereocenters. The maximum Gasteiger partial charge on any atom is 0.274 e. The first kappa shape index (κ1) is 14.2. The fourth-order valence-electron chi connectivity index (χ4n) is 4.94. The van der Waals surface area contributed by atoms with Gasteiger partial charge in [0, 0.05) is 13.1 Å². The van der Waals surface area contributed by atoms with E-state index in [9.17, 15) is 4.79 Å². The van der Waals surface area contributed by atoms with Crippen molar-refractivity contribution < 1.29 is 10.1 Å². The van der Waals surface area contributed by atoms with E-state index in [4.69, 9.17) is 0 Å². The van der Waals surface area contributed by atoms with Crippen molar-refractivity contribution in [1.29, 1.82) is 0 Å². The molecule has 1 amide bonds. The largest absolute Gasteiger partial charge is 0.337 e. The molecule has 3 aliphatic rings. The van der Waals surface area contributed by atoms with Crippen molar-refractivity contribution in [2.45, 2.75) is 31.8 Å². The molecule has 5 heteroatoms. The Morgan fingerprint density at radius 1 is 1.12 bits per heavy atom. The van der Waals surface area contributed by atoms with E-state index in [1.807, 2.05) is 4.90 Å². The molecule has 5 rings (SSSR count). The first-order chi connectivity index (χ1) is 11.8. The molecule has 2 fully saturated rings. The molecule has 2 unspecified atom stereocenters. The van der Waals surface area contributed by atoms with E-state index in [1.165, 1.54) is 18.4 Å². The predicted octanol–water partition coefficient (Wildman–Crippen LogP) is 1.25. The summed E-state index contributed by atoms with van der Waals surface area (Å²) >= 11 is 0. The molecular formula is C19H23N4O+. The average molecular weight is 323 g/mol. The van der Waals surface area contributed by atoms with Crippen LogP contribution in [0.1, 0.15) is 46.1 Å². The predicted molar refractivity (Wildman–Crippen MR) is 89.2 cm³/mol. The molecule has 0 bridgehead atoms. The Kier molecular flexibility index (Phi) is 3.23. The molecular weight excluding hydrogens is 300 g/mol. The number of quaternary nitrogens is 1. The zero-order valence-electron chi connectivity index (χ0n) is 13.7. The van der Waals surface area contributed by atoms with Crippen LogP contribution in [0.4, 0.5) is 0 Å². The number of nitrogens with zero attached hydrogens (tertiary/aromatic N) is 2. The molecule has 0 spiro atoms. The van der Waals surface area contributed by atoms with E-state index in [0.717, 1.165) is 37.4 Å². The molecule has 124 valence electrons. The topological polar surface area (TPSA) is 65.6 Å². The molecule has 24 heavy (non-hydrogen) atoms. The van der Waals surface area contributed by atoms with Crippen molar-refractivity contribution >= 4 is 5.91 Å². The fraction of sp³-hybridized carbons (Fsp3) is 0.474. The molecule has 1 saturated heterocycles. The lowest BCUT2D eigenvalue weighted by molar-refractivity contribution is -0.676. The Labute approximate surface area is 141 Å². The number of fused-ring (bicyclic) bond motifs is 2. The summed E-state index contributed by atoms with van der Waals surface area (Å²) in [6, 6.07) is 10.8. The molecule has 1 saturated carbocycles. The molecule has 0 radical (unpaired) electrons. The summed E-state index contributed by atoms with van der Waals surface area (Å²) in [4.78, 5) is 14.9. The number of carbonyl (C=O) groups is 1. The monoisotopic (exact) mass is 323 g/mol. The van der Waals surface area contributed by atoms with Crippen LogP contribution < -0.4 is 5.32 Å². The van der Waals surface area contributed by atoms with Crippen LogP contribution in [0.3, 0.4) is 0 Å². The Bertz CT molecular complexity index is 755. The van der Waals surface area contributed by atoms with E-state index < -0.39 is 0 Å². The van der Waals surface area contributed by atoms with Gasteiger partial charge in [0.15, 0.2) is 5.69 Å². The summed E-state index contributed by atoms with van der Waals surface area (Å²) in [5.41, 5.74) is 4.38. The highest BCUT2D eigenvalue weighted by Crippen LogP contribution is 2.46. The quantitative estimate of drug-likeness (QED) is 0.874. The standard InChI is InChI=1S/C19H22N4O/c24-19(18-16-8-20-9-17(16)21-22-18)23-10-14-6-13(7-15(14)11-23)12-4-2-1-3-5-12/h1-5,13-15,20H,6-11H2,(H,21,22)/p+1. The number of likely N-dealkylation sites (tertiary alicyclic amines) is 1. The zero-order valence-corrected chi connectivity index (χ0v) is 13.7. The normalized spacial score (nSPS) is 28.2. The first-order valence-corrected chi connectivity index (χ1v) is 9.01. The molecule has 1 aromatic carbocycles. The van der Waals surface area contributed by atoms with Crippen molar-refractivity contribution in [3.63, 3.8) is 0 Å². The number of aromatic amines is 1. The Hall–Kier alpha value is -2.14. The van der Waals surface area contributed by atoms with Gasteiger partial charge in [0.05, 0.1) is 11.3 Å². The van der Waals surface area contributed by atoms with Crippen LogP contribution in [0.25, 0.3) is 0 Å². The third-order valence-electron chi connectivity index (χ3n) is 6.16. The first-order valence-electron chi connectivity index (χ1n) is 9.01. The second-order valence-electron chi connectivity index (χ2n) is 7.54. The minimum atomic E-state index is 0.133. The number of hydrogen-bond donors (Lipinski definition) is 2. The van der Waals surface area contributed by atoms with Crippen LogP contribution in [0, 0.1) is 11.8 Å². The summed E-state index contributed by atoms with van der Waals surface area (Å²) in [5, 5.41) is 9.55. The number of aromatic nitrogens is 2. The number of nitrogens with one attached hydrogen (secondary N) is 1. The van der Waals surface area contributed by atoms with Gasteiger partial charge in [-0.1, -0.05) is 30.3 Å². The van der Waals surface area contributed by atoms with Crippen molar-refractivity contribution in [2.75, 3.05) is 13.1 Å². The van der Waals surface area contributed by atoms with E-state index in [-0.39, 0.29) is 5.91 Å². The van der Waals surface area contributed by atoms with Crippen LogP contribution in [0.2, 0.25) is 0 Å². The van der Waals surface area contributed by atoms with Gasteiger partial charge in [0.25, 0.3) is 5.91 Å². The van der Waals surface area contributed by atoms with Crippen LogP contribution in [-0.2, 0) is 13.1 Å². The lowest BCUT2D eigenvalue weighted by atomic mass is 9.96. The molecule has 2 aromatic rings. The van der Waals surface area contributed by atoms with E-state index in [0.29, 0.717) is 23.4 Å². The summed E-state index contributed by atoms with van der Waals surface area (Å²) in [5.74, 6) is 2.10. The summed E-state index contributed by atoms with van der Waals surface area (Å²) in [7, 11) is 0. The van der Waals surface area contributed by atoms with Gasteiger partial charge < -0.3 is 10.2 Å². The van der Waals surface area contributed by atoms with Crippen LogP contribution in [-0.4, -0.2) is 34.1 Å². The van der Waals surface area contributed by atoms with E-state index >= 15 is 0 Å². The highest BCUT2D eigenvalue weighted by atomic mass is 16.2. The number of H-pyrrole nitrogens is 1. The van der Waals surface area contributed by atoms with Crippen molar-refractivity contribution in [3.8, 4) is 0 Å². The smallest absolute Gasteiger partial charge is 0.274 e. The number of nitrogens with two attached hydrogens (primary N) is 1. The fourth-order valence-corrected chi connectivity index (χ4v) is 4.94. The van der Waals surface area contributed by atoms with Gasteiger partial charge in [-0.3, -0.25) is 9.89 Å². The van der Waals surface area contributed by atoms with Crippen LogP contribution in [0.5, 0.6) is 0 Å². The van der Waals surface area contributed by atoms with E-state index in [2.05, 4.69) is 45.8 Å². The third kappa shape index (κ3) is 2.18. The van der Waals surface area contributed by atoms with Crippen molar-refractivity contribution in [2.24, 2.45) is 11.8 Å². The molecule has 1 aromatic heterocycles. The van der Waals surface area contributed by atoms with Gasteiger partial charge in [0.1, 0.15) is 13.1 Å². The van der Waals surface area contributed by atoms with Crippen molar-refractivity contribution in [3.05, 3.63) is 52.8 Å². The molecule has 2 aliphatic heterocycles. The number of benzene rings is 1. The lowest BCUT2D eigenvalue weighted by Gasteiger charge is -2.19. The van der Waals surface area contributed by atoms with Gasteiger partial charge in [-0.25, -0.2) is 0 Å². The van der Waals surface area contributed by atoms with E-state index in [1.54, 1.807) is 0 Å². The van der Waals surface area contributed by atoms with Gasteiger partial charge in [0.2, 0.25) is 0 Å². The minimum Gasteiger partial charge on any atom is -0.337 e. The van der Waals surface area contributed by atoms with Gasteiger partial charge >= 0.3 is 0 Å². The minimum absolute atomic E-state index is 0.133. The second kappa shape index (κ2) is 5.45. The SMILES string of the molecule is O=C(c1n[nH]c2c1C[NH2+]C2)N1CC2CC(c3ccccc3)CC2C1. The summed E-state index contributed by atoms with van der Waals surface area (Å²) in [6.45, 7) is 3.60. The molecule has 3 heterocycles. The van der Waals surface area contributed by atoms with Gasteiger partial charge in [-0.05, 0) is 36.2 Å². The number of amides is 1. The van der Waals surface area contributed by atoms with Gasteiger partial charge in [-0.2, -0.15) is 5.10 Å². The highest BCUT2D eigenvalue weighted by molar-refractivity contribution is 5.94. The molecule has 1 aliphatic carbocycles.